The monoisotopic (exact) mass is 192 g/mol. The SMILES string of the molecule is NCC1(N)CCOCc2ccccc21. The maximum atomic E-state index is 6.26. The second-order valence-electron chi connectivity index (χ2n) is 3.82. The average Bonchev–Trinajstić information content (AvgIpc) is 2.40. The van der Waals surface area contributed by atoms with E-state index in [9.17, 15) is 0 Å². The summed E-state index contributed by atoms with van der Waals surface area (Å²) < 4.78 is 5.48. The van der Waals surface area contributed by atoms with E-state index < -0.39 is 5.54 Å². The number of nitrogens with two attached hydrogens (primary N) is 2. The van der Waals surface area contributed by atoms with Crippen molar-refractivity contribution in [1.82, 2.24) is 0 Å². The van der Waals surface area contributed by atoms with Gasteiger partial charge >= 0.3 is 0 Å². The summed E-state index contributed by atoms with van der Waals surface area (Å²) in [6, 6.07) is 8.11. The molecule has 1 aromatic rings. The first-order valence-corrected chi connectivity index (χ1v) is 4.91. The van der Waals surface area contributed by atoms with Gasteiger partial charge in [-0.1, -0.05) is 24.3 Å². The third-order valence-corrected chi connectivity index (χ3v) is 2.87. The fourth-order valence-electron chi connectivity index (χ4n) is 1.92. The lowest BCUT2D eigenvalue weighted by atomic mass is 9.86. The van der Waals surface area contributed by atoms with Crippen LogP contribution in [0.3, 0.4) is 0 Å². The zero-order valence-corrected chi connectivity index (χ0v) is 8.20. The van der Waals surface area contributed by atoms with Crippen molar-refractivity contribution in [2.24, 2.45) is 11.5 Å². The molecule has 1 unspecified atom stereocenters. The molecular weight excluding hydrogens is 176 g/mol. The summed E-state index contributed by atoms with van der Waals surface area (Å²) in [5, 5.41) is 0. The van der Waals surface area contributed by atoms with Crippen LogP contribution >= 0.6 is 0 Å². The molecule has 0 bridgehead atoms. The van der Waals surface area contributed by atoms with Crippen molar-refractivity contribution in [3.63, 3.8) is 0 Å². The van der Waals surface area contributed by atoms with E-state index in [1.165, 1.54) is 0 Å². The van der Waals surface area contributed by atoms with Gasteiger partial charge in [0.2, 0.25) is 0 Å². The lowest BCUT2D eigenvalue weighted by Gasteiger charge is -2.27. The van der Waals surface area contributed by atoms with Gasteiger partial charge in [0.25, 0.3) is 0 Å². The number of fused-ring (bicyclic) bond motifs is 1. The van der Waals surface area contributed by atoms with Crippen LogP contribution in [0.4, 0.5) is 0 Å². The number of hydrogen-bond donors (Lipinski definition) is 2. The van der Waals surface area contributed by atoms with Gasteiger partial charge in [0, 0.05) is 13.2 Å². The van der Waals surface area contributed by atoms with Crippen molar-refractivity contribution in [3.8, 4) is 0 Å². The van der Waals surface area contributed by atoms with Gasteiger partial charge in [-0.15, -0.1) is 0 Å². The zero-order chi connectivity index (χ0) is 10.0. The molecule has 0 saturated heterocycles. The van der Waals surface area contributed by atoms with Crippen LogP contribution in [-0.2, 0) is 16.9 Å². The molecule has 0 spiro atoms. The highest BCUT2D eigenvalue weighted by atomic mass is 16.5. The largest absolute Gasteiger partial charge is 0.377 e. The summed E-state index contributed by atoms with van der Waals surface area (Å²) in [5.41, 5.74) is 13.9. The minimum absolute atomic E-state index is 0.410. The summed E-state index contributed by atoms with van der Waals surface area (Å²) in [6.45, 7) is 1.80. The minimum atomic E-state index is -0.410. The Kier molecular flexibility index (Phi) is 2.54. The molecule has 0 fully saturated rings. The third kappa shape index (κ3) is 1.54. The van der Waals surface area contributed by atoms with Gasteiger partial charge in [-0.05, 0) is 17.5 Å². The topological polar surface area (TPSA) is 61.3 Å². The van der Waals surface area contributed by atoms with Gasteiger partial charge < -0.3 is 16.2 Å². The molecule has 3 nitrogen and oxygen atoms in total. The van der Waals surface area contributed by atoms with E-state index in [4.69, 9.17) is 16.2 Å². The number of rotatable bonds is 1. The predicted octanol–water partition coefficient (Wildman–Crippen LogP) is 0.720. The molecule has 1 heterocycles. The molecule has 76 valence electrons. The smallest absolute Gasteiger partial charge is 0.0720 e. The maximum absolute atomic E-state index is 6.26. The van der Waals surface area contributed by atoms with Crippen LogP contribution < -0.4 is 11.5 Å². The van der Waals surface area contributed by atoms with Crippen LogP contribution in [0.5, 0.6) is 0 Å². The number of hydrogen-bond acceptors (Lipinski definition) is 3. The van der Waals surface area contributed by atoms with Crippen LogP contribution in [0.25, 0.3) is 0 Å². The second-order valence-corrected chi connectivity index (χ2v) is 3.82. The van der Waals surface area contributed by atoms with Crippen LogP contribution in [0, 0.1) is 0 Å². The van der Waals surface area contributed by atoms with E-state index in [1.807, 2.05) is 12.1 Å². The molecule has 0 saturated carbocycles. The Bertz CT molecular complexity index is 327. The normalized spacial score (nSPS) is 26.7. The van der Waals surface area contributed by atoms with Gasteiger partial charge in [0.05, 0.1) is 12.1 Å². The first-order chi connectivity index (χ1) is 6.76. The van der Waals surface area contributed by atoms with Crippen molar-refractivity contribution in [2.75, 3.05) is 13.2 Å². The Balaban J connectivity index is 2.47. The number of benzene rings is 1. The van der Waals surface area contributed by atoms with E-state index in [0.717, 1.165) is 17.5 Å². The highest BCUT2D eigenvalue weighted by Gasteiger charge is 2.29. The first kappa shape index (κ1) is 9.65. The molecule has 0 aliphatic carbocycles. The molecule has 3 heteroatoms. The summed E-state index contributed by atoms with van der Waals surface area (Å²) in [5.74, 6) is 0. The van der Waals surface area contributed by atoms with Gasteiger partial charge in [0.15, 0.2) is 0 Å². The van der Waals surface area contributed by atoms with E-state index in [0.29, 0.717) is 19.8 Å². The van der Waals surface area contributed by atoms with Gasteiger partial charge in [0.1, 0.15) is 0 Å². The molecule has 2 rings (SSSR count). The standard InChI is InChI=1S/C11H16N2O/c12-8-11(13)5-6-14-7-9-3-1-2-4-10(9)11/h1-4H,5-8,12-13H2. The summed E-state index contributed by atoms with van der Waals surface area (Å²) >= 11 is 0. The zero-order valence-electron chi connectivity index (χ0n) is 8.20. The van der Waals surface area contributed by atoms with Gasteiger partial charge in [-0.2, -0.15) is 0 Å². The summed E-state index contributed by atoms with van der Waals surface area (Å²) in [6.07, 6.45) is 0.792. The molecule has 0 amide bonds. The molecule has 14 heavy (non-hydrogen) atoms. The molecule has 1 aliphatic heterocycles. The third-order valence-electron chi connectivity index (χ3n) is 2.87. The second kappa shape index (κ2) is 3.69. The lowest BCUT2D eigenvalue weighted by molar-refractivity contribution is 0.114. The Morgan fingerprint density at radius 3 is 2.93 bits per heavy atom. The molecule has 1 aromatic carbocycles. The molecular formula is C11H16N2O. The van der Waals surface area contributed by atoms with Crippen LogP contribution in [0.15, 0.2) is 24.3 Å². The van der Waals surface area contributed by atoms with Crippen LogP contribution in [0.1, 0.15) is 17.5 Å². The van der Waals surface area contributed by atoms with Crippen molar-refractivity contribution in [2.45, 2.75) is 18.6 Å². The van der Waals surface area contributed by atoms with E-state index >= 15 is 0 Å². The lowest BCUT2D eigenvalue weighted by Crippen LogP contribution is -2.44. The van der Waals surface area contributed by atoms with Gasteiger partial charge in [-0.25, -0.2) is 0 Å². The molecule has 4 N–H and O–H groups in total. The molecule has 0 radical (unpaired) electrons. The first-order valence-electron chi connectivity index (χ1n) is 4.91. The van der Waals surface area contributed by atoms with E-state index in [2.05, 4.69) is 12.1 Å². The minimum Gasteiger partial charge on any atom is -0.377 e. The highest BCUT2D eigenvalue weighted by molar-refractivity contribution is 5.34. The fourth-order valence-corrected chi connectivity index (χ4v) is 1.92. The fraction of sp³-hybridized carbons (Fsp3) is 0.455. The Labute approximate surface area is 84.0 Å². The summed E-state index contributed by atoms with van der Waals surface area (Å²) in [7, 11) is 0. The van der Waals surface area contributed by atoms with Crippen molar-refractivity contribution in [1.29, 1.82) is 0 Å². The Morgan fingerprint density at radius 2 is 2.14 bits per heavy atom. The Hall–Kier alpha value is -0.900. The van der Waals surface area contributed by atoms with E-state index in [-0.39, 0.29) is 0 Å². The molecule has 0 aromatic heterocycles. The van der Waals surface area contributed by atoms with Crippen molar-refractivity contribution in [3.05, 3.63) is 35.4 Å². The Morgan fingerprint density at radius 1 is 1.36 bits per heavy atom. The average molecular weight is 192 g/mol. The molecule has 1 atom stereocenters. The highest BCUT2D eigenvalue weighted by Crippen LogP contribution is 2.28. The van der Waals surface area contributed by atoms with Crippen LogP contribution in [0.2, 0.25) is 0 Å². The van der Waals surface area contributed by atoms with E-state index in [1.54, 1.807) is 0 Å². The number of ether oxygens (including phenoxy) is 1. The predicted molar refractivity (Wildman–Crippen MR) is 55.6 cm³/mol. The van der Waals surface area contributed by atoms with Crippen LogP contribution in [-0.4, -0.2) is 13.2 Å². The quantitative estimate of drug-likeness (QED) is 0.689. The van der Waals surface area contributed by atoms with Crippen molar-refractivity contribution < 1.29 is 4.74 Å². The summed E-state index contributed by atoms with van der Waals surface area (Å²) in [4.78, 5) is 0. The van der Waals surface area contributed by atoms with Gasteiger partial charge in [-0.3, -0.25) is 0 Å². The maximum Gasteiger partial charge on any atom is 0.0720 e. The van der Waals surface area contributed by atoms with Crippen molar-refractivity contribution >= 4 is 0 Å². The molecule has 1 aliphatic rings.